The molecule has 146 valence electrons. The summed E-state index contributed by atoms with van der Waals surface area (Å²) in [6.45, 7) is 10.6. The van der Waals surface area contributed by atoms with E-state index in [0.29, 0.717) is 13.1 Å². The van der Waals surface area contributed by atoms with Gasteiger partial charge >= 0.3 is 0 Å². The summed E-state index contributed by atoms with van der Waals surface area (Å²) in [5.41, 5.74) is 2.81. The predicted octanol–water partition coefficient (Wildman–Crippen LogP) is 2.31. The molecule has 28 heavy (non-hydrogen) atoms. The van der Waals surface area contributed by atoms with Crippen LogP contribution < -0.4 is 4.90 Å². The lowest BCUT2D eigenvalue weighted by Crippen LogP contribution is -2.49. The normalized spacial score (nSPS) is 14.6. The van der Waals surface area contributed by atoms with Gasteiger partial charge in [0.1, 0.15) is 17.0 Å². The summed E-state index contributed by atoms with van der Waals surface area (Å²) in [6, 6.07) is 3.98. The third kappa shape index (κ3) is 3.49. The smallest absolute Gasteiger partial charge is 0.265 e. The number of hydrogen-bond donors (Lipinski definition) is 0. The first-order valence-corrected chi connectivity index (χ1v) is 10.1. The third-order valence-corrected chi connectivity index (χ3v) is 5.91. The van der Waals surface area contributed by atoms with Crippen LogP contribution in [0.15, 0.2) is 18.5 Å². The van der Waals surface area contributed by atoms with Crippen LogP contribution in [-0.2, 0) is 0 Å². The van der Waals surface area contributed by atoms with Crippen molar-refractivity contribution in [1.82, 2.24) is 29.6 Å². The monoisotopic (exact) mass is 397 g/mol. The summed E-state index contributed by atoms with van der Waals surface area (Å²) in [4.78, 5) is 30.8. The van der Waals surface area contributed by atoms with Crippen LogP contribution in [0.25, 0.3) is 5.82 Å². The molecule has 0 aliphatic carbocycles. The van der Waals surface area contributed by atoms with Gasteiger partial charge in [0.15, 0.2) is 5.82 Å². The van der Waals surface area contributed by atoms with Gasteiger partial charge in [-0.1, -0.05) is 0 Å². The van der Waals surface area contributed by atoms with Gasteiger partial charge < -0.3 is 9.80 Å². The Morgan fingerprint density at radius 1 is 1.00 bits per heavy atom. The fourth-order valence-corrected chi connectivity index (χ4v) is 4.39. The van der Waals surface area contributed by atoms with Gasteiger partial charge in [0, 0.05) is 37.9 Å². The molecular formula is C19H23N7OS. The van der Waals surface area contributed by atoms with Crippen molar-refractivity contribution in [3.05, 3.63) is 45.4 Å². The Labute approximate surface area is 167 Å². The van der Waals surface area contributed by atoms with Crippen LogP contribution in [0.1, 0.15) is 31.8 Å². The molecular weight excluding hydrogens is 374 g/mol. The highest BCUT2D eigenvalue weighted by Crippen LogP contribution is 2.22. The standard InChI is InChI=1S/C19H23N7OS/c1-12-9-13(2)26(23-12)17-10-16(20-11-21-17)24-5-7-25(8-6-24)19(27)18-14(3)22-15(4)28-18/h9-11H,5-8H2,1-4H3. The molecule has 4 rings (SSSR count). The summed E-state index contributed by atoms with van der Waals surface area (Å²) in [5, 5.41) is 5.42. The topological polar surface area (TPSA) is 80.0 Å². The van der Waals surface area contributed by atoms with Crippen LogP contribution in [0.3, 0.4) is 0 Å². The molecule has 0 unspecified atom stereocenters. The van der Waals surface area contributed by atoms with Crippen LogP contribution in [0, 0.1) is 27.7 Å². The van der Waals surface area contributed by atoms with Crippen molar-refractivity contribution < 1.29 is 4.79 Å². The number of aryl methyl sites for hydroxylation is 4. The maximum absolute atomic E-state index is 12.8. The second-order valence-electron chi connectivity index (χ2n) is 7.00. The van der Waals surface area contributed by atoms with Gasteiger partial charge in [-0.2, -0.15) is 5.10 Å². The molecule has 0 atom stereocenters. The zero-order chi connectivity index (χ0) is 19.8. The molecule has 9 heteroatoms. The van der Waals surface area contributed by atoms with E-state index >= 15 is 0 Å². The Morgan fingerprint density at radius 3 is 2.32 bits per heavy atom. The zero-order valence-electron chi connectivity index (χ0n) is 16.5. The molecule has 3 aromatic heterocycles. The average molecular weight is 398 g/mol. The molecule has 0 radical (unpaired) electrons. The van der Waals surface area contributed by atoms with E-state index < -0.39 is 0 Å². The number of thiazole rings is 1. The maximum Gasteiger partial charge on any atom is 0.265 e. The molecule has 0 bridgehead atoms. The van der Waals surface area contributed by atoms with Crippen molar-refractivity contribution in [3.8, 4) is 5.82 Å². The summed E-state index contributed by atoms with van der Waals surface area (Å²) in [7, 11) is 0. The van der Waals surface area contributed by atoms with E-state index in [2.05, 4.69) is 25.0 Å². The van der Waals surface area contributed by atoms with Crippen molar-refractivity contribution in [2.45, 2.75) is 27.7 Å². The van der Waals surface area contributed by atoms with Crippen molar-refractivity contribution in [1.29, 1.82) is 0 Å². The second kappa shape index (κ2) is 7.31. The Hall–Kier alpha value is -2.81. The molecule has 1 fully saturated rings. The fourth-order valence-electron chi connectivity index (χ4n) is 3.50. The van der Waals surface area contributed by atoms with Gasteiger partial charge in [0.25, 0.3) is 5.91 Å². The molecule has 4 heterocycles. The van der Waals surface area contributed by atoms with Gasteiger partial charge in [0.2, 0.25) is 0 Å². The van der Waals surface area contributed by atoms with E-state index in [4.69, 9.17) is 0 Å². The molecule has 3 aromatic rings. The number of hydrogen-bond acceptors (Lipinski definition) is 7. The molecule has 1 aliphatic heterocycles. The van der Waals surface area contributed by atoms with Gasteiger partial charge in [-0.3, -0.25) is 4.79 Å². The van der Waals surface area contributed by atoms with Crippen LogP contribution in [0.5, 0.6) is 0 Å². The van der Waals surface area contributed by atoms with Crippen LogP contribution >= 0.6 is 11.3 Å². The van der Waals surface area contributed by atoms with Gasteiger partial charge in [0.05, 0.1) is 16.4 Å². The molecule has 0 saturated carbocycles. The number of rotatable bonds is 3. The van der Waals surface area contributed by atoms with E-state index in [9.17, 15) is 4.79 Å². The zero-order valence-corrected chi connectivity index (χ0v) is 17.3. The number of amides is 1. The lowest BCUT2D eigenvalue weighted by Gasteiger charge is -2.35. The van der Waals surface area contributed by atoms with Crippen LogP contribution in [-0.4, -0.2) is 61.7 Å². The molecule has 1 aliphatic rings. The van der Waals surface area contributed by atoms with E-state index in [-0.39, 0.29) is 5.91 Å². The summed E-state index contributed by atoms with van der Waals surface area (Å²) >= 11 is 1.47. The number of piperazine rings is 1. The first-order chi connectivity index (χ1) is 13.4. The van der Waals surface area contributed by atoms with Crippen molar-refractivity contribution in [2.75, 3.05) is 31.1 Å². The van der Waals surface area contributed by atoms with Gasteiger partial charge in [-0.15, -0.1) is 11.3 Å². The highest BCUT2D eigenvalue weighted by molar-refractivity contribution is 7.13. The van der Waals surface area contributed by atoms with E-state index in [0.717, 1.165) is 51.7 Å². The Kier molecular flexibility index (Phi) is 4.84. The number of nitrogens with zero attached hydrogens (tertiary/aromatic N) is 7. The summed E-state index contributed by atoms with van der Waals surface area (Å²) in [6.07, 6.45) is 1.57. The number of aromatic nitrogens is 5. The van der Waals surface area contributed by atoms with E-state index in [1.807, 2.05) is 49.4 Å². The van der Waals surface area contributed by atoms with Gasteiger partial charge in [-0.05, 0) is 33.8 Å². The van der Waals surface area contributed by atoms with Crippen LogP contribution in [0.4, 0.5) is 5.82 Å². The highest BCUT2D eigenvalue weighted by atomic mass is 32.1. The fraction of sp³-hybridized carbons (Fsp3) is 0.421. The highest BCUT2D eigenvalue weighted by Gasteiger charge is 2.25. The Morgan fingerprint density at radius 2 is 1.71 bits per heavy atom. The molecule has 0 N–H and O–H groups in total. The SMILES string of the molecule is Cc1cc(C)n(-c2cc(N3CCN(C(=O)c4sc(C)nc4C)CC3)ncn2)n1. The van der Waals surface area contributed by atoms with E-state index in [1.165, 1.54) is 11.3 Å². The first-order valence-electron chi connectivity index (χ1n) is 9.26. The molecule has 8 nitrogen and oxygen atoms in total. The van der Waals surface area contributed by atoms with Crippen molar-refractivity contribution in [2.24, 2.45) is 0 Å². The first kappa shape index (κ1) is 18.5. The Bertz CT molecular complexity index is 1020. The Balaban J connectivity index is 1.47. The van der Waals surface area contributed by atoms with Crippen LogP contribution in [0.2, 0.25) is 0 Å². The van der Waals surface area contributed by atoms with Crippen molar-refractivity contribution >= 4 is 23.1 Å². The molecule has 0 spiro atoms. The minimum Gasteiger partial charge on any atom is -0.353 e. The molecule has 0 aromatic carbocycles. The molecule has 1 amide bonds. The third-order valence-electron chi connectivity index (χ3n) is 4.85. The molecule has 1 saturated heterocycles. The second-order valence-corrected chi connectivity index (χ2v) is 8.20. The van der Waals surface area contributed by atoms with Gasteiger partial charge in [-0.25, -0.2) is 19.6 Å². The van der Waals surface area contributed by atoms with Crippen molar-refractivity contribution in [3.63, 3.8) is 0 Å². The predicted molar refractivity (Wildman–Crippen MR) is 108 cm³/mol. The lowest BCUT2D eigenvalue weighted by molar-refractivity contribution is 0.0750. The number of carbonyl (C=O) groups is 1. The van der Waals surface area contributed by atoms with E-state index in [1.54, 1.807) is 6.33 Å². The number of carbonyl (C=O) groups excluding carboxylic acids is 1. The minimum absolute atomic E-state index is 0.0776. The largest absolute Gasteiger partial charge is 0.353 e. The minimum atomic E-state index is 0.0776. The average Bonchev–Trinajstić information content (AvgIpc) is 3.21. The lowest BCUT2D eigenvalue weighted by atomic mass is 10.2. The summed E-state index contributed by atoms with van der Waals surface area (Å²) in [5.74, 6) is 1.69. The summed E-state index contributed by atoms with van der Waals surface area (Å²) < 4.78 is 1.83. The number of anilines is 1. The quantitative estimate of drug-likeness (QED) is 0.675. The maximum atomic E-state index is 12.8.